The molecule has 0 spiro atoms. The molecule has 0 heterocycles. The van der Waals surface area contributed by atoms with Gasteiger partial charge in [0.05, 0.1) is 18.6 Å². The molecule has 0 aromatic heterocycles. The van der Waals surface area contributed by atoms with E-state index in [2.05, 4.69) is 4.74 Å². The van der Waals surface area contributed by atoms with Crippen molar-refractivity contribution >= 4 is 38.7 Å². The van der Waals surface area contributed by atoms with Gasteiger partial charge in [0, 0.05) is 3.57 Å². The molecule has 0 N–H and O–H groups in total. The molecule has 0 aliphatic rings. The van der Waals surface area contributed by atoms with Crippen molar-refractivity contribution in [1.82, 2.24) is 0 Å². The molecule has 124 valence electrons. The summed E-state index contributed by atoms with van der Waals surface area (Å²) in [6.07, 6.45) is -1.81. The Balaban J connectivity index is 2.67. The topological polar surface area (TPSA) is 83.5 Å². The van der Waals surface area contributed by atoms with Gasteiger partial charge in [-0.1, -0.05) is 0 Å². The summed E-state index contributed by atoms with van der Waals surface area (Å²) in [5.74, 6) is -6.19. The van der Waals surface area contributed by atoms with Crippen LogP contribution in [0.1, 0.15) is 16.8 Å². The fraction of sp³-hybridized carbons (Fsp3) is 0.364. The van der Waals surface area contributed by atoms with Crippen LogP contribution in [0.5, 0.6) is 0 Å². The second kappa shape index (κ2) is 6.66. The average Bonchev–Trinajstić information content (AvgIpc) is 2.37. The SMILES string of the molecule is O=C(OCCC(F)(F)C(F)(F)S(=O)(=O)[O-])c1ccc(I)cc1. The number of hydrogen-bond acceptors (Lipinski definition) is 5. The van der Waals surface area contributed by atoms with E-state index in [1.165, 1.54) is 24.3 Å². The Labute approximate surface area is 136 Å². The Morgan fingerprint density at radius 2 is 1.68 bits per heavy atom. The molecule has 1 rings (SSSR count). The summed E-state index contributed by atoms with van der Waals surface area (Å²) >= 11 is 1.95. The highest BCUT2D eigenvalue weighted by Crippen LogP contribution is 2.40. The lowest BCUT2D eigenvalue weighted by Crippen LogP contribution is -2.47. The van der Waals surface area contributed by atoms with Crippen molar-refractivity contribution in [2.75, 3.05) is 6.61 Å². The maximum absolute atomic E-state index is 13.1. The van der Waals surface area contributed by atoms with Crippen molar-refractivity contribution in [3.05, 3.63) is 33.4 Å². The molecule has 5 nitrogen and oxygen atoms in total. The van der Waals surface area contributed by atoms with E-state index in [0.717, 1.165) is 3.57 Å². The summed E-state index contributed by atoms with van der Waals surface area (Å²) in [6, 6.07) is 5.73. The third-order valence-corrected chi connectivity index (χ3v) is 4.11. The van der Waals surface area contributed by atoms with Crippen molar-refractivity contribution in [1.29, 1.82) is 0 Å². The van der Waals surface area contributed by atoms with E-state index in [4.69, 9.17) is 0 Å². The van der Waals surface area contributed by atoms with Gasteiger partial charge in [-0.15, -0.1) is 0 Å². The van der Waals surface area contributed by atoms with Gasteiger partial charge >= 0.3 is 17.1 Å². The van der Waals surface area contributed by atoms with E-state index in [9.17, 15) is 35.3 Å². The zero-order valence-electron chi connectivity index (χ0n) is 10.6. The molecule has 0 atom stereocenters. The third-order valence-electron chi connectivity index (χ3n) is 2.47. The van der Waals surface area contributed by atoms with Crippen LogP contribution in [0, 0.1) is 3.57 Å². The number of rotatable bonds is 6. The van der Waals surface area contributed by atoms with Crippen LogP contribution >= 0.6 is 22.6 Å². The molecule has 1 aromatic rings. The average molecular weight is 455 g/mol. The van der Waals surface area contributed by atoms with E-state index in [-0.39, 0.29) is 5.56 Å². The number of esters is 1. The number of carbonyl (C=O) groups excluding carboxylic acids is 1. The van der Waals surface area contributed by atoms with Crippen LogP contribution in [0.25, 0.3) is 0 Å². The highest BCUT2D eigenvalue weighted by atomic mass is 127. The third kappa shape index (κ3) is 4.29. The maximum Gasteiger partial charge on any atom is 0.396 e. The molecular formula is C11H8F4IO5S-. The molecular weight excluding hydrogens is 447 g/mol. The van der Waals surface area contributed by atoms with Crippen molar-refractivity contribution in [2.24, 2.45) is 0 Å². The molecule has 0 saturated carbocycles. The van der Waals surface area contributed by atoms with Gasteiger partial charge in [-0.2, -0.15) is 17.6 Å². The number of benzene rings is 1. The van der Waals surface area contributed by atoms with E-state index >= 15 is 0 Å². The maximum atomic E-state index is 13.1. The molecule has 0 saturated heterocycles. The first kappa shape index (κ1) is 19.1. The molecule has 0 fully saturated rings. The van der Waals surface area contributed by atoms with Crippen LogP contribution in [0.15, 0.2) is 24.3 Å². The van der Waals surface area contributed by atoms with Crippen LogP contribution in [0.4, 0.5) is 17.6 Å². The number of ether oxygens (including phenoxy) is 1. The highest BCUT2D eigenvalue weighted by molar-refractivity contribution is 14.1. The number of hydrogen-bond donors (Lipinski definition) is 0. The zero-order valence-corrected chi connectivity index (χ0v) is 13.5. The van der Waals surface area contributed by atoms with Crippen molar-refractivity contribution in [3.8, 4) is 0 Å². The minimum absolute atomic E-state index is 0.00642. The Morgan fingerprint density at radius 1 is 1.18 bits per heavy atom. The molecule has 11 heteroatoms. The van der Waals surface area contributed by atoms with E-state index in [1.807, 2.05) is 22.6 Å². The molecule has 22 heavy (non-hydrogen) atoms. The quantitative estimate of drug-likeness (QED) is 0.285. The minimum Gasteiger partial charge on any atom is -0.743 e. The van der Waals surface area contributed by atoms with Crippen LogP contribution in [-0.4, -0.2) is 36.7 Å². The first-order chi connectivity index (χ1) is 9.88. The first-order valence-corrected chi connectivity index (χ1v) is 8.01. The largest absolute Gasteiger partial charge is 0.743 e. The van der Waals surface area contributed by atoms with Gasteiger partial charge in [-0.05, 0) is 46.9 Å². The summed E-state index contributed by atoms with van der Waals surface area (Å²) in [5, 5.41) is -5.78. The van der Waals surface area contributed by atoms with Gasteiger partial charge in [0.25, 0.3) is 0 Å². The fourth-order valence-corrected chi connectivity index (χ4v) is 2.10. The fourth-order valence-electron chi connectivity index (χ4n) is 1.27. The summed E-state index contributed by atoms with van der Waals surface area (Å²) in [7, 11) is -6.54. The standard InChI is InChI=1S/C11H9F4IO5S/c12-10(13,11(14,15)22(18,19)20)5-6-21-9(17)7-1-3-8(16)4-2-7/h1-4H,5-6H2,(H,18,19,20)/p-1. The molecule has 0 unspecified atom stereocenters. The summed E-state index contributed by atoms with van der Waals surface area (Å²) in [6.45, 7) is -1.18. The highest BCUT2D eigenvalue weighted by Gasteiger charge is 2.61. The number of halogens is 5. The van der Waals surface area contributed by atoms with Crippen LogP contribution in [-0.2, 0) is 14.9 Å². The molecule has 0 radical (unpaired) electrons. The summed E-state index contributed by atoms with van der Waals surface area (Å²) < 4.78 is 87.4. The molecule has 0 bridgehead atoms. The number of alkyl halides is 4. The lowest BCUT2D eigenvalue weighted by molar-refractivity contribution is -0.168. The monoisotopic (exact) mass is 455 g/mol. The number of carbonyl (C=O) groups is 1. The smallest absolute Gasteiger partial charge is 0.396 e. The molecule has 1 aromatic carbocycles. The Morgan fingerprint density at radius 3 is 2.14 bits per heavy atom. The van der Waals surface area contributed by atoms with Gasteiger partial charge in [0.15, 0.2) is 10.1 Å². The molecule has 0 amide bonds. The van der Waals surface area contributed by atoms with E-state index in [1.54, 1.807) is 0 Å². The normalized spacial score (nSPS) is 13.0. The van der Waals surface area contributed by atoms with Gasteiger partial charge in [0.1, 0.15) is 0 Å². The predicted molar refractivity (Wildman–Crippen MR) is 73.6 cm³/mol. The van der Waals surface area contributed by atoms with Crippen molar-refractivity contribution in [3.63, 3.8) is 0 Å². The van der Waals surface area contributed by atoms with Crippen molar-refractivity contribution < 1.29 is 40.1 Å². The second-order valence-corrected chi connectivity index (χ2v) is 6.73. The summed E-state index contributed by atoms with van der Waals surface area (Å²) in [4.78, 5) is 11.5. The first-order valence-electron chi connectivity index (χ1n) is 5.52. The van der Waals surface area contributed by atoms with Gasteiger partial charge < -0.3 is 9.29 Å². The summed E-state index contributed by atoms with van der Waals surface area (Å²) in [5.41, 5.74) is 0.00642. The van der Waals surface area contributed by atoms with E-state index in [0.29, 0.717) is 0 Å². The minimum atomic E-state index is -6.54. The predicted octanol–water partition coefficient (Wildman–Crippen LogP) is 2.61. The van der Waals surface area contributed by atoms with E-state index < -0.39 is 40.3 Å². The van der Waals surface area contributed by atoms with Crippen LogP contribution in [0.3, 0.4) is 0 Å². The second-order valence-electron chi connectivity index (χ2n) is 4.07. The molecule has 0 aliphatic carbocycles. The van der Waals surface area contributed by atoms with Crippen LogP contribution in [0.2, 0.25) is 0 Å². The Kier molecular flexibility index (Phi) is 5.78. The van der Waals surface area contributed by atoms with Gasteiger partial charge in [-0.25, -0.2) is 13.2 Å². The lowest BCUT2D eigenvalue weighted by Gasteiger charge is -2.28. The molecule has 0 aliphatic heterocycles. The zero-order chi connectivity index (χ0) is 17.2. The Bertz CT molecular complexity index is 645. The van der Waals surface area contributed by atoms with Crippen LogP contribution < -0.4 is 0 Å². The van der Waals surface area contributed by atoms with Crippen molar-refractivity contribution in [2.45, 2.75) is 17.6 Å². The lowest BCUT2D eigenvalue weighted by atomic mass is 10.2. The van der Waals surface area contributed by atoms with Gasteiger partial charge in [-0.3, -0.25) is 0 Å². The van der Waals surface area contributed by atoms with Gasteiger partial charge in [0.2, 0.25) is 0 Å². The Hall–Kier alpha value is -0.950.